The molecule has 0 bridgehead atoms. The highest BCUT2D eigenvalue weighted by molar-refractivity contribution is 5.21. The summed E-state index contributed by atoms with van der Waals surface area (Å²) < 4.78 is 0. The number of hydrogen-bond acceptors (Lipinski definition) is 0. The maximum Gasteiger partial charge on any atom is -0.0169 e. The topological polar surface area (TPSA) is 0 Å². The van der Waals surface area contributed by atoms with Gasteiger partial charge in [-0.05, 0) is 37.5 Å². The molecule has 2 rings (SSSR count). The lowest BCUT2D eigenvalue weighted by atomic mass is 9.98. The van der Waals surface area contributed by atoms with Gasteiger partial charge < -0.3 is 0 Å². The third-order valence-corrected chi connectivity index (χ3v) is 2.58. The molecule has 0 spiro atoms. The molecule has 2 atom stereocenters. The predicted octanol–water partition coefficient (Wildman–Crippen LogP) is 2.57. The summed E-state index contributed by atoms with van der Waals surface area (Å²) in [5.41, 5.74) is 1.59. The van der Waals surface area contributed by atoms with Crippen LogP contribution in [-0.4, -0.2) is 0 Å². The number of allylic oxidation sites excluding steroid dienone is 2. The average Bonchev–Trinajstić information content (AvgIpc) is 2.64. The van der Waals surface area contributed by atoms with Crippen molar-refractivity contribution in [1.82, 2.24) is 0 Å². The first-order valence-electron chi connectivity index (χ1n) is 3.90. The van der Waals surface area contributed by atoms with Crippen LogP contribution in [0.2, 0.25) is 0 Å². The monoisotopic (exact) mass is 121 g/mol. The van der Waals surface area contributed by atoms with Crippen LogP contribution in [0.4, 0.5) is 0 Å². The first kappa shape index (κ1) is 5.52. The Morgan fingerprint density at radius 3 is 3.22 bits per heavy atom. The van der Waals surface area contributed by atoms with Gasteiger partial charge in [-0.25, -0.2) is 0 Å². The molecular formula is C9H13. The van der Waals surface area contributed by atoms with Crippen LogP contribution in [0.15, 0.2) is 11.6 Å². The normalized spacial score (nSPS) is 39.4. The van der Waals surface area contributed by atoms with E-state index >= 15 is 0 Å². The van der Waals surface area contributed by atoms with Crippen LogP contribution in [0.25, 0.3) is 0 Å². The molecule has 9 heavy (non-hydrogen) atoms. The largest absolute Gasteiger partial charge is 0.0816 e. The fraction of sp³-hybridized carbons (Fsp3) is 0.667. The fourth-order valence-corrected chi connectivity index (χ4v) is 1.76. The van der Waals surface area contributed by atoms with Crippen LogP contribution in [0.5, 0.6) is 0 Å². The van der Waals surface area contributed by atoms with Gasteiger partial charge in [0.15, 0.2) is 0 Å². The zero-order valence-corrected chi connectivity index (χ0v) is 5.93. The van der Waals surface area contributed by atoms with Crippen molar-refractivity contribution in [3.63, 3.8) is 0 Å². The lowest BCUT2D eigenvalue weighted by molar-refractivity contribution is 0.662. The Balaban J connectivity index is 2.06. The Hall–Kier alpha value is -0.260. The standard InChI is InChI=1S/C9H13/c1-2-7-3-4-8-6-9(8)5-7/h2,5,8-9H,3-4,6H2,1H3. The smallest absolute Gasteiger partial charge is 0.0169 e. The Morgan fingerprint density at radius 1 is 1.67 bits per heavy atom. The second-order valence-corrected chi connectivity index (χ2v) is 3.23. The molecule has 0 nitrogen and oxygen atoms in total. The minimum absolute atomic E-state index is 0.991. The lowest BCUT2D eigenvalue weighted by Gasteiger charge is -2.08. The number of hydrogen-bond donors (Lipinski definition) is 0. The molecule has 0 heteroatoms. The van der Waals surface area contributed by atoms with Crippen molar-refractivity contribution in [1.29, 1.82) is 0 Å². The van der Waals surface area contributed by atoms with Gasteiger partial charge in [-0.1, -0.05) is 18.6 Å². The van der Waals surface area contributed by atoms with E-state index in [0.717, 1.165) is 11.8 Å². The molecule has 2 aliphatic rings. The fourth-order valence-electron chi connectivity index (χ4n) is 1.76. The summed E-state index contributed by atoms with van der Waals surface area (Å²) in [6.45, 7) is 2.15. The van der Waals surface area contributed by atoms with Gasteiger partial charge in [-0.15, -0.1) is 0 Å². The zero-order valence-electron chi connectivity index (χ0n) is 5.93. The molecule has 49 valence electrons. The van der Waals surface area contributed by atoms with Gasteiger partial charge in [-0.3, -0.25) is 0 Å². The molecule has 0 N–H and O–H groups in total. The summed E-state index contributed by atoms with van der Waals surface area (Å²) in [6.07, 6.45) is 9.01. The molecule has 0 aromatic heterocycles. The first-order valence-corrected chi connectivity index (χ1v) is 3.90. The second kappa shape index (κ2) is 1.86. The van der Waals surface area contributed by atoms with E-state index < -0.39 is 0 Å². The molecule has 1 saturated carbocycles. The van der Waals surface area contributed by atoms with Gasteiger partial charge in [0, 0.05) is 0 Å². The third kappa shape index (κ3) is 0.910. The summed E-state index contributed by atoms with van der Waals surface area (Å²) in [6, 6.07) is 0. The first-order chi connectivity index (χ1) is 4.40. The number of rotatable bonds is 1. The zero-order chi connectivity index (χ0) is 6.27. The van der Waals surface area contributed by atoms with E-state index in [0.29, 0.717) is 0 Å². The maximum absolute atomic E-state index is 2.47. The van der Waals surface area contributed by atoms with Gasteiger partial charge in [-0.2, -0.15) is 0 Å². The van der Waals surface area contributed by atoms with E-state index in [1.54, 1.807) is 5.57 Å². The van der Waals surface area contributed by atoms with Gasteiger partial charge in [0.25, 0.3) is 0 Å². The summed E-state index contributed by atoms with van der Waals surface area (Å²) in [4.78, 5) is 0. The van der Waals surface area contributed by atoms with E-state index in [1.165, 1.54) is 19.3 Å². The van der Waals surface area contributed by atoms with Gasteiger partial charge in [0.05, 0.1) is 0 Å². The van der Waals surface area contributed by atoms with E-state index in [2.05, 4.69) is 19.4 Å². The van der Waals surface area contributed by atoms with Crippen molar-refractivity contribution >= 4 is 0 Å². The number of fused-ring (bicyclic) bond motifs is 1. The summed E-state index contributed by atoms with van der Waals surface area (Å²) >= 11 is 0. The molecule has 0 aromatic rings. The summed E-state index contributed by atoms with van der Waals surface area (Å²) in [5.74, 6) is 2.08. The van der Waals surface area contributed by atoms with E-state index in [1.807, 2.05) is 0 Å². The molecule has 0 amide bonds. The van der Waals surface area contributed by atoms with E-state index in [-0.39, 0.29) is 0 Å². The highest BCUT2D eigenvalue weighted by atomic mass is 14.4. The Bertz CT molecular complexity index is 144. The molecule has 0 saturated heterocycles. The van der Waals surface area contributed by atoms with Crippen molar-refractivity contribution in [2.24, 2.45) is 11.8 Å². The van der Waals surface area contributed by atoms with Crippen LogP contribution in [0.1, 0.15) is 26.2 Å². The molecule has 0 aliphatic heterocycles. The van der Waals surface area contributed by atoms with Crippen molar-refractivity contribution in [3.05, 3.63) is 18.1 Å². The predicted molar refractivity (Wildman–Crippen MR) is 38.9 cm³/mol. The molecule has 0 aromatic carbocycles. The Kier molecular flexibility index (Phi) is 1.14. The quantitative estimate of drug-likeness (QED) is 0.500. The van der Waals surface area contributed by atoms with Crippen LogP contribution in [0.3, 0.4) is 0 Å². The minimum Gasteiger partial charge on any atom is -0.0816 e. The van der Waals surface area contributed by atoms with E-state index in [9.17, 15) is 0 Å². The molecule has 2 aliphatic carbocycles. The third-order valence-electron chi connectivity index (χ3n) is 2.58. The average molecular weight is 121 g/mol. The molecule has 1 radical (unpaired) electrons. The van der Waals surface area contributed by atoms with Crippen LogP contribution in [-0.2, 0) is 0 Å². The SMILES string of the molecule is C[CH]C1=CC2CC2CC1. The highest BCUT2D eigenvalue weighted by Gasteiger charge is 2.37. The Morgan fingerprint density at radius 2 is 2.56 bits per heavy atom. The molecule has 2 unspecified atom stereocenters. The van der Waals surface area contributed by atoms with Crippen molar-refractivity contribution in [3.8, 4) is 0 Å². The maximum atomic E-state index is 2.47. The second-order valence-electron chi connectivity index (χ2n) is 3.23. The molecular weight excluding hydrogens is 108 g/mol. The minimum atomic E-state index is 0.991. The molecule has 1 fully saturated rings. The van der Waals surface area contributed by atoms with Crippen molar-refractivity contribution in [2.75, 3.05) is 0 Å². The van der Waals surface area contributed by atoms with Gasteiger partial charge in [0.1, 0.15) is 0 Å². The van der Waals surface area contributed by atoms with Gasteiger partial charge in [0.2, 0.25) is 0 Å². The highest BCUT2D eigenvalue weighted by Crippen LogP contribution is 2.48. The van der Waals surface area contributed by atoms with Crippen LogP contribution in [0, 0.1) is 18.3 Å². The van der Waals surface area contributed by atoms with E-state index in [4.69, 9.17) is 0 Å². The Labute approximate surface area is 57.0 Å². The van der Waals surface area contributed by atoms with Gasteiger partial charge >= 0.3 is 0 Å². The lowest BCUT2D eigenvalue weighted by Crippen LogP contribution is -1.93. The van der Waals surface area contributed by atoms with Crippen LogP contribution < -0.4 is 0 Å². The van der Waals surface area contributed by atoms with Crippen molar-refractivity contribution < 1.29 is 0 Å². The van der Waals surface area contributed by atoms with Crippen molar-refractivity contribution in [2.45, 2.75) is 26.2 Å². The summed E-state index contributed by atoms with van der Waals surface area (Å²) in [7, 11) is 0. The summed E-state index contributed by atoms with van der Waals surface area (Å²) in [5, 5.41) is 0. The molecule has 0 heterocycles. The van der Waals surface area contributed by atoms with Crippen LogP contribution >= 0.6 is 0 Å².